The number of nitrogens with one attached hydrogen (secondary N) is 1. The summed E-state index contributed by atoms with van der Waals surface area (Å²) in [5.41, 5.74) is 2.17. The Morgan fingerprint density at radius 1 is 0.775 bits per heavy atom. The Morgan fingerprint density at radius 2 is 1.30 bits per heavy atom. The van der Waals surface area contributed by atoms with Crippen molar-refractivity contribution in [2.24, 2.45) is 0 Å². The Labute approximate surface area is 230 Å². The maximum Gasteiger partial charge on any atom is 0.405 e. The quantitative estimate of drug-likeness (QED) is 0.294. The highest BCUT2D eigenvalue weighted by Crippen LogP contribution is 2.40. The molecule has 3 aromatic carbocycles. The fraction of sp³-hybridized carbons (Fsp3) is 0.400. The summed E-state index contributed by atoms with van der Waals surface area (Å²) in [4.78, 5) is 1.91. The van der Waals surface area contributed by atoms with Crippen LogP contribution < -0.4 is 10.1 Å². The molecule has 0 aliphatic carbocycles. The zero-order valence-corrected chi connectivity index (χ0v) is 22.1. The standard InChI is InChI=1S/C30H33F6N3O/c1-40-26-15-9-8-14-24(26)25(19-37-18-23-12-6-3-7-13-23)38-20-27(29(31,32)33)39(28(21-38)30(34,35)36)17-16-22-10-4-2-5-11-22/h2-15,25,27-28,37H,16-21H2,1H3. The van der Waals surface area contributed by atoms with Gasteiger partial charge in [0.15, 0.2) is 0 Å². The van der Waals surface area contributed by atoms with Gasteiger partial charge in [-0.05, 0) is 23.6 Å². The molecular weight excluding hydrogens is 532 g/mol. The summed E-state index contributed by atoms with van der Waals surface area (Å²) in [5.74, 6) is 0.410. The second-order valence-corrected chi connectivity index (χ2v) is 9.92. The second-order valence-electron chi connectivity index (χ2n) is 9.92. The van der Waals surface area contributed by atoms with Crippen LogP contribution in [-0.2, 0) is 13.0 Å². The van der Waals surface area contributed by atoms with Crippen molar-refractivity contribution in [3.63, 3.8) is 0 Å². The van der Waals surface area contributed by atoms with Crippen LogP contribution in [0.5, 0.6) is 5.75 Å². The zero-order chi connectivity index (χ0) is 28.8. The number of para-hydroxylation sites is 1. The fourth-order valence-electron chi connectivity index (χ4n) is 5.32. The fourth-order valence-corrected chi connectivity index (χ4v) is 5.32. The van der Waals surface area contributed by atoms with Crippen LogP contribution in [0.1, 0.15) is 22.7 Å². The van der Waals surface area contributed by atoms with Crippen LogP contribution in [0.25, 0.3) is 0 Å². The van der Waals surface area contributed by atoms with E-state index in [-0.39, 0.29) is 19.5 Å². The van der Waals surface area contributed by atoms with Crippen LogP contribution in [0.4, 0.5) is 26.3 Å². The van der Waals surface area contributed by atoms with Crippen LogP contribution in [0.3, 0.4) is 0 Å². The molecular formula is C30H33F6N3O. The molecule has 1 heterocycles. The predicted molar refractivity (Wildman–Crippen MR) is 142 cm³/mol. The molecule has 1 aliphatic heterocycles. The van der Waals surface area contributed by atoms with Crippen molar-refractivity contribution < 1.29 is 31.1 Å². The van der Waals surface area contributed by atoms with Gasteiger partial charge in [0.1, 0.15) is 17.8 Å². The van der Waals surface area contributed by atoms with Gasteiger partial charge in [-0.15, -0.1) is 0 Å². The van der Waals surface area contributed by atoms with Crippen LogP contribution in [0.15, 0.2) is 84.9 Å². The predicted octanol–water partition coefficient (Wildman–Crippen LogP) is 6.25. The normalized spacial score (nSPS) is 19.9. The van der Waals surface area contributed by atoms with E-state index in [1.54, 1.807) is 54.6 Å². The molecule has 4 nitrogen and oxygen atoms in total. The third-order valence-electron chi connectivity index (χ3n) is 7.32. The summed E-state index contributed by atoms with van der Waals surface area (Å²) in [6.07, 6.45) is -9.64. The molecule has 0 aromatic heterocycles. The molecule has 3 aromatic rings. The molecule has 1 aliphatic rings. The Kier molecular flexibility index (Phi) is 9.76. The van der Waals surface area contributed by atoms with Crippen molar-refractivity contribution in [1.82, 2.24) is 15.1 Å². The van der Waals surface area contributed by atoms with E-state index in [0.29, 0.717) is 28.3 Å². The molecule has 4 rings (SSSR count). The Bertz CT molecular complexity index is 1170. The Balaban J connectivity index is 1.65. The summed E-state index contributed by atoms with van der Waals surface area (Å²) < 4.78 is 92.2. The molecule has 40 heavy (non-hydrogen) atoms. The van der Waals surface area contributed by atoms with Crippen molar-refractivity contribution >= 4 is 0 Å². The topological polar surface area (TPSA) is 27.7 Å². The lowest BCUT2D eigenvalue weighted by Gasteiger charge is -2.49. The number of hydrogen-bond acceptors (Lipinski definition) is 4. The van der Waals surface area contributed by atoms with Gasteiger partial charge < -0.3 is 10.1 Å². The minimum absolute atomic E-state index is 0.0779. The van der Waals surface area contributed by atoms with Gasteiger partial charge in [-0.25, -0.2) is 0 Å². The molecule has 0 radical (unpaired) electrons. The van der Waals surface area contributed by atoms with E-state index < -0.39 is 43.6 Å². The largest absolute Gasteiger partial charge is 0.496 e. The third-order valence-corrected chi connectivity index (χ3v) is 7.32. The number of ether oxygens (including phenoxy) is 1. The number of hydrogen-bond donors (Lipinski definition) is 1. The maximum absolute atomic E-state index is 14.5. The van der Waals surface area contributed by atoms with Crippen LogP contribution in [0, 0.1) is 0 Å². The highest BCUT2D eigenvalue weighted by molar-refractivity contribution is 5.36. The van der Waals surface area contributed by atoms with Crippen molar-refractivity contribution in [3.8, 4) is 5.75 Å². The molecule has 1 saturated heterocycles. The van der Waals surface area contributed by atoms with E-state index in [1.165, 1.54) is 12.0 Å². The monoisotopic (exact) mass is 565 g/mol. The van der Waals surface area contributed by atoms with E-state index in [1.807, 2.05) is 30.3 Å². The number of rotatable bonds is 10. The first kappa shape index (κ1) is 29.9. The molecule has 0 spiro atoms. The molecule has 216 valence electrons. The number of halogens is 6. The molecule has 1 N–H and O–H groups in total. The molecule has 1 fully saturated rings. The summed E-state index contributed by atoms with van der Waals surface area (Å²) in [5, 5.41) is 3.24. The molecule has 3 unspecified atom stereocenters. The number of benzene rings is 3. The third kappa shape index (κ3) is 7.56. The van der Waals surface area contributed by atoms with E-state index in [9.17, 15) is 26.3 Å². The van der Waals surface area contributed by atoms with Crippen LogP contribution >= 0.6 is 0 Å². The van der Waals surface area contributed by atoms with Gasteiger partial charge in [-0.1, -0.05) is 78.9 Å². The lowest BCUT2D eigenvalue weighted by Crippen LogP contribution is -2.68. The van der Waals surface area contributed by atoms with Crippen molar-refractivity contribution in [1.29, 1.82) is 0 Å². The molecule has 0 amide bonds. The Morgan fingerprint density at radius 3 is 1.85 bits per heavy atom. The molecule has 0 bridgehead atoms. The minimum atomic E-state index is -4.86. The number of piperazine rings is 1. The van der Waals surface area contributed by atoms with E-state index in [0.717, 1.165) is 5.56 Å². The van der Waals surface area contributed by atoms with Gasteiger partial charge >= 0.3 is 12.4 Å². The number of nitrogens with zero attached hydrogens (tertiary/aromatic N) is 2. The van der Waals surface area contributed by atoms with Crippen LogP contribution in [0.2, 0.25) is 0 Å². The van der Waals surface area contributed by atoms with E-state index in [4.69, 9.17) is 4.74 Å². The zero-order valence-electron chi connectivity index (χ0n) is 22.1. The van der Waals surface area contributed by atoms with Gasteiger partial charge in [0.05, 0.1) is 13.2 Å². The summed E-state index contributed by atoms with van der Waals surface area (Å²) in [7, 11) is 1.44. The number of methoxy groups -OCH3 is 1. The average molecular weight is 566 g/mol. The highest BCUT2D eigenvalue weighted by atomic mass is 19.4. The second kappa shape index (κ2) is 13.1. The highest BCUT2D eigenvalue weighted by Gasteiger charge is 2.57. The van der Waals surface area contributed by atoms with E-state index in [2.05, 4.69) is 5.32 Å². The first-order valence-electron chi connectivity index (χ1n) is 13.1. The molecule has 3 atom stereocenters. The van der Waals surface area contributed by atoms with Gasteiger partial charge in [0.2, 0.25) is 0 Å². The van der Waals surface area contributed by atoms with Gasteiger partial charge in [0, 0.05) is 38.3 Å². The summed E-state index contributed by atoms with van der Waals surface area (Å²) in [6, 6.07) is 19.4. The van der Waals surface area contributed by atoms with Gasteiger partial charge in [0.25, 0.3) is 0 Å². The smallest absolute Gasteiger partial charge is 0.405 e. The maximum atomic E-state index is 14.5. The average Bonchev–Trinajstić information content (AvgIpc) is 2.94. The lowest BCUT2D eigenvalue weighted by atomic mass is 9.97. The number of alkyl halides is 6. The first-order valence-corrected chi connectivity index (χ1v) is 13.1. The minimum Gasteiger partial charge on any atom is -0.496 e. The lowest BCUT2D eigenvalue weighted by molar-refractivity contribution is -0.256. The summed E-state index contributed by atoms with van der Waals surface area (Å²) >= 11 is 0. The molecule has 10 heteroatoms. The van der Waals surface area contributed by atoms with Crippen LogP contribution in [-0.4, -0.2) is 67.5 Å². The first-order chi connectivity index (χ1) is 19.1. The summed E-state index contributed by atoms with van der Waals surface area (Å²) in [6.45, 7) is -1.01. The van der Waals surface area contributed by atoms with Crippen molar-refractivity contribution in [2.75, 3.05) is 33.3 Å². The van der Waals surface area contributed by atoms with Crippen molar-refractivity contribution in [2.45, 2.75) is 43.4 Å². The SMILES string of the molecule is COc1ccccc1C(CNCc1ccccc1)N1CC(C(F)(F)F)N(CCc2ccccc2)C(C(F)(F)F)C1. The van der Waals surface area contributed by atoms with Gasteiger partial charge in [-0.3, -0.25) is 9.80 Å². The van der Waals surface area contributed by atoms with Crippen molar-refractivity contribution in [3.05, 3.63) is 102 Å². The molecule has 0 saturated carbocycles. The Hall–Kier alpha value is -3.08. The van der Waals surface area contributed by atoms with E-state index >= 15 is 0 Å². The van der Waals surface area contributed by atoms with Gasteiger partial charge in [-0.2, -0.15) is 26.3 Å².